The largest absolute Gasteiger partial charge is 0.372 e. The SMILES string of the molecule is O=C(NS(=O)(=O)c1cccc(Cl)c1)c1cn2c(n1)COCC2. The van der Waals surface area contributed by atoms with E-state index in [-0.39, 0.29) is 15.6 Å². The fraction of sp³-hybridized carbons (Fsp3) is 0.231. The lowest BCUT2D eigenvalue weighted by Crippen LogP contribution is -2.30. The van der Waals surface area contributed by atoms with Gasteiger partial charge < -0.3 is 9.30 Å². The van der Waals surface area contributed by atoms with Gasteiger partial charge in [0.2, 0.25) is 0 Å². The first-order valence-corrected chi connectivity index (χ1v) is 8.28. The minimum atomic E-state index is -4.00. The highest BCUT2D eigenvalue weighted by molar-refractivity contribution is 7.90. The zero-order chi connectivity index (χ0) is 15.7. The summed E-state index contributed by atoms with van der Waals surface area (Å²) in [7, 11) is -4.00. The van der Waals surface area contributed by atoms with E-state index >= 15 is 0 Å². The van der Waals surface area contributed by atoms with E-state index in [0.717, 1.165) is 0 Å². The minimum Gasteiger partial charge on any atom is -0.372 e. The van der Waals surface area contributed by atoms with Gasteiger partial charge in [0.1, 0.15) is 18.1 Å². The summed E-state index contributed by atoms with van der Waals surface area (Å²) in [6.07, 6.45) is 1.51. The summed E-state index contributed by atoms with van der Waals surface area (Å²) in [5.41, 5.74) is 0.0334. The lowest BCUT2D eigenvalue weighted by Gasteiger charge is -2.13. The van der Waals surface area contributed by atoms with Crippen LogP contribution in [-0.2, 0) is 27.9 Å². The Morgan fingerprint density at radius 3 is 2.95 bits per heavy atom. The summed E-state index contributed by atoms with van der Waals surface area (Å²) in [6.45, 7) is 1.41. The topological polar surface area (TPSA) is 90.3 Å². The van der Waals surface area contributed by atoms with Gasteiger partial charge in [-0.05, 0) is 18.2 Å². The molecule has 22 heavy (non-hydrogen) atoms. The second-order valence-corrected chi connectivity index (χ2v) is 6.80. The molecule has 1 aromatic carbocycles. The zero-order valence-corrected chi connectivity index (χ0v) is 12.9. The molecule has 2 aromatic rings. The number of hydrogen-bond acceptors (Lipinski definition) is 5. The molecule has 0 radical (unpaired) electrons. The molecule has 0 fully saturated rings. The molecule has 7 nitrogen and oxygen atoms in total. The van der Waals surface area contributed by atoms with Crippen LogP contribution in [-0.4, -0.2) is 30.5 Å². The summed E-state index contributed by atoms with van der Waals surface area (Å²) in [4.78, 5) is 16.1. The number of nitrogens with zero attached hydrogens (tertiary/aromatic N) is 2. The molecule has 0 saturated heterocycles. The van der Waals surface area contributed by atoms with Crippen LogP contribution in [0.1, 0.15) is 16.3 Å². The number of imidazole rings is 1. The van der Waals surface area contributed by atoms with Gasteiger partial charge in [-0.15, -0.1) is 0 Å². The first-order chi connectivity index (χ1) is 10.5. The second-order valence-electron chi connectivity index (χ2n) is 4.68. The van der Waals surface area contributed by atoms with Crippen LogP contribution in [0.3, 0.4) is 0 Å². The maximum Gasteiger partial charge on any atom is 0.285 e. The minimum absolute atomic E-state index is 0.0334. The van der Waals surface area contributed by atoms with E-state index < -0.39 is 15.9 Å². The molecule has 1 amide bonds. The van der Waals surface area contributed by atoms with E-state index in [0.29, 0.717) is 25.6 Å². The second kappa shape index (κ2) is 5.71. The summed E-state index contributed by atoms with van der Waals surface area (Å²) < 4.78 is 33.3. The van der Waals surface area contributed by atoms with Crippen molar-refractivity contribution in [1.82, 2.24) is 14.3 Å². The van der Waals surface area contributed by atoms with Crippen molar-refractivity contribution >= 4 is 27.5 Å². The Kier molecular flexibility index (Phi) is 3.90. The molecule has 9 heteroatoms. The molecule has 0 unspecified atom stereocenters. The molecule has 1 aliphatic heterocycles. The lowest BCUT2D eigenvalue weighted by atomic mass is 10.4. The number of rotatable bonds is 3. The number of ether oxygens (including phenoxy) is 1. The Hall–Kier alpha value is -1.90. The van der Waals surface area contributed by atoms with E-state index in [9.17, 15) is 13.2 Å². The van der Waals surface area contributed by atoms with E-state index in [1.54, 1.807) is 10.6 Å². The molecule has 3 rings (SSSR count). The van der Waals surface area contributed by atoms with E-state index in [1.807, 2.05) is 4.72 Å². The normalized spacial score (nSPS) is 14.4. The monoisotopic (exact) mass is 341 g/mol. The van der Waals surface area contributed by atoms with E-state index in [2.05, 4.69) is 4.98 Å². The van der Waals surface area contributed by atoms with Crippen LogP contribution in [0.5, 0.6) is 0 Å². The number of sulfonamides is 1. The highest BCUT2D eigenvalue weighted by Crippen LogP contribution is 2.16. The number of halogens is 1. The van der Waals surface area contributed by atoms with Crippen molar-refractivity contribution in [2.45, 2.75) is 18.0 Å². The van der Waals surface area contributed by atoms with Crippen molar-refractivity contribution in [2.24, 2.45) is 0 Å². The van der Waals surface area contributed by atoms with Crippen LogP contribution in [0.2, 0.25) is 5.02 Å². The van der Waals surface area contributed by atoms with Crippen LogP contribution in [0.25, 0.3) is 0 Å². The standard InChI is InChI=1S/C13H12ClN3O4S/c14-9-2-1-3-10(6-9)22(19,20)16-13(18)11-7-17-4-5-21-8-12(17)15-11/h1-3,6-7H,4-5,8H2,(H,16,18). The average Bonchev–Trinajstić information content (AvgIpc) is 2.91. The molecule has 2 heterocycles. The first kappa shape index (κ1) is 15.0. The Balaban J connectivity index is 1.83. The van der Waals surface area contributed by atoms with E-state index in [4.69, 9.17) is 16.3 Å². The van der Waals surface area contributed by atoms with Gasteiger partial charge >= 0.3 is 0 Å². The number of benzene rings is 1. The van der Waals surface area contributed by atoms with Crippen LogP contribution in [0.15, 0.2) is 35.4 Å². The van der Waals surface area contributed by atoms with Gasteiger partial charge in [0.25, 0.3) is 15.9 Å². The third kappa shape index (κ3) is 2.99. The molecular formula is C13H12ClN3O4S. The van der Waals surface area contributed by atoms with Crippen LogP contribution in [0.4, 0.5) is 0 Å². The van der Waals surface area contributed by atoms with Gasteiger partial charge in [-0.25, -0.2) is 18.1 Å². The van der Waals surface area contributed by atoms with Crippen molar-refractivity contribution in [3.63, 3.8) is 0 Å². The number of carbonyl (C=O) groups excluding carboxylic acids is 1. The van der Waals surface area contributed by atoms with Crippen LogP contribution in [0, 0.1) is 0 Å². The molecule has 116 valence electrons. The highest BCUT2D eigenvalue weighted by atomic mass is 35.5. The number of fused-ring (bicyclic) bond motifs is 1. The summed E-state index contributed by atoms with van der Waals surface area (Å²) in [5.74, 6) is -0.196. The molecule has 0 aliphatic carbocycles. The smallest absolute Gasteiger partial charge is 0.285 e. The Labute approximate surface area is 131 Å². The van der Waals surface area contributed by atoms with Gasteiger partial charge in [0, 0.05) is 17.8 Å². The molecule has 1 N–H and O–H groups in total. The highest BCUT2D eigenvalue weighted by Gasteiger charge is 2.22. The Morgan fingerprint density at radius 2 is 2.23 bits per heavy atom. The summed E-state index contributed by atoms with van der Waals surface area (Å²) in [5, 5.41) is 0.268. The molecule has 0 spiro atoms. The fourth-order valence-corrected chi connectivity index (χ4v) is 3.33. The average molecular weight is 342 g/mol. The van der Waals surface area contributed by atoms with E-state index in [1.165, 1.54) is 24.4 Å². The molecule has 0 bridgehead atoms. The molecule has 0 atom stereocenters. The third-order valence-corrected chi connectivity index (χ3v) is 4.70. The predicted octanol–water partition coefficient (Wildman–Crippen LogP) is 1.19. The number of amides is 1. The first-order valence-electron chi connectivity index (χ1n) is 6.42. The number of aromatic nitrogens is 2. The van der Waals surface area contributed by atoms with Crippen molar-refractivity contribution in [3.05, 3.63) is 47.0 Å². The Morgan fingerprint density at radius 1 is 1.41 bits per heavy atom. The van der Waals surface area contributed by atoms with Gasteiger partial charge in [0.15, 0.2) is 0 Å². The van der Waals surface area contributed by atoms with Crippen LogP contribution < -0.4 is 4.72 Å². The predicted molar refractivity (Wildman–Crippen MR) is 78.0 cm³/mol. The molecule has 1 aromatic heterocycles. The lowest BCUT2D eigenvalue weighted by molar-refractivity contribution is 0.0816. The summed E-state index contributed by atoms with van der Waals surface area (Å²) in [6, 6.07) is 5.66. The maximum absolute atomic E-state index is 12.2. The number of carbonyl (C=O) groups is 1. The van der Waals surface area contributed by atoms with Crippen molar-refractivity contribution in [3.8, 4) is 0 Å². The number of nitrogens with one attached hydrogen (secondary N) is 1. The third-order valence-electron chi connectivity index (χ3n) is 3.13. The van der Waals surface area contributed by atoms with Crippen molar-refractivity contribution in [2.75, 3.05) is 6.61 Å². The Bertz CT molecular complexity index is 808. The fourth-order valence-electron chi connectivity index (χ4n) is 2.07. The van der Waals surface area contributed by atoms with Gasteiger partial charge in [0.05, 0.1) is 11.5 Å². The number of hydrogen-bond donors (Lipinski definition) is 1. The maximum atomic E-state index is 12.2. The van der Waals surface area contributed by atoms with Crippen molar-refractivity contribution in [1.29, 1.82) is 0 Å². The molecule has 0 saturated carbocycles. The van der Waals surface area contributed by atoms with Crippen molar-refractivity contribution < 1.29 is 17.9 Å². The summed E-state index contributed by atoms with van der Waals surface area (Å²) >= 11 is 5.77. The zero-order valence-electron chi connectivity index (χ0n) is 11.3. The quantitative estimate of drug-likeness (QED) is 0.905. The van der Waals surface area contributed by atoms with Gasteiger partial charge in [-0.1, -0.05) is 17.7 Å². The van der Waals surface area contributed by atoms with Gasteiger partial charge in [-0.2, -0.15) is 0 Å². The molecular weight excluding hydrogens is 330 g/mol. The van der Waals surface area contributed by atoms with Crippen LogP contribution >= 0.6 is 11.6 Å². The van der Waals surface area contributed by atoms with Gasteiger partial charge in [-0.3, -0.25) is 4.79 Å². The molecule has 1 aliphatic rings.